The first-order valence-corrected chi connectivity index (χ1v) is 9.43. The van der Waals surface area contributed by atoms with Crippen molar-refractivity contribution in [2.24, 2.45) is 0 Å². The molecule has 1 amide bonds. The molecule has 4 rings (SSSR count). The predicted molar refractivity (Wildman–Crippen MR) is 113 cm³/mol. The normalized spacial score (nSPS) is 12.5. The van der Waals surface area contributed by atoms with Crippen molar-refractivity contribution in [3.63, 3.8) is 0 Å². The Labute approximate surface area is 169 Å². The van der Waals surface area contributed by atoms with E-state index in [-0.39, 0.29) is 18.1 Å². The fraction of sp³-hybridized carbons (Fsp3) is 0.217. The largest absolute Gasteiger partial charge is 0.454 e. The van der Waals surface area contributed by atoms with Gasteiger partial charge in [-0.15, -0.1) is 0 Å². The maximum Gasteiger partial charge on any atom is 0.274 e. The van der Waals surface area contributed by atoms with Crippen molar-refractivity contribution in [2.75, 3.05) is 17.4 Å². The van der Waals surface area contributed by atoms with Crippen LogP contribution in [0.1, 0.15) is 36.8 Å². The van der Waals surface area contributed by atoms with Crippen molar-refractivity contribution in [1.29, 1.82) is 0 Å². The highest BCUT2D eigenvalue weighted by Crippen LogP contribution is 2.35. The van der Waals surface area contributed by atoms with E-state index in [1.54, 1.807) is 12.3 Å². The molecule has 2 heterocycles. The highest BCUT2D eigenvalue weighted by Gasteiger charge is 2.15. The molecule has 6 heteroatoms. The second-order valence-corrected chi connectivity index (χ2v) is 7.91. The van der Waals surface area contributed by atoms with E-state index in [9.17, 15) is 4.79 Å². The van der Waals surface area contributed by atoms with Gasteiger partial charge >= 0.3 is 0 Å². The van der Waals surface area contributed by atoms with Crippen molar-refractivity contribution in [2.45, 2.75) is 26.2 Å². The monoisotopic (exact) mass is 389 g/mol. The molecule has 2 aromatic carbocycles. The zero-order valence-electron chi connectivity index (χ0n) is 16.7. The minimum atomic E-state index is -0.247. The molecule has 1 aromatic heterocycles. The van der Waals surface area contributed by atoms with E-state index in [1.165, 1.54) is 5.56 Å². The first-order valence-electron chi connectivity index (χ1n) is 9.43. The van der Waals surface area contributed by atoms with Gasteiger partial charge in [-0.3, -0.25) is 4.79 Å². The molecule has 148 valence electrons. The van der Waals surface area contributed by atoms with Crippen LogP contribution in [-0.2, 0) is 5.41 Å². The average molecular weight is 389 g/mol. The number of amides is 1. The van der Waals surface area contributed by atoms with Crippen LogP contribution in [0.5, 0.6) is 11.5 Å². The number of hydrogen-bond donors (Lipinski definition) is 2. The van der Waals surface area contributed by atoms with Crippen molar-refractivity contribution >= 4 is 23.0 Å². The molecule has 6 nitrogen and oxygen atoms in total. The molecule has 2 N–H and O–H groups in total. The van der Waals surface area contributed by atoms with Gasteiger partial charge in [-0.2, -0.15) is 0 Å². The van der Waals surface area contributed by atoms with Gasteiger partial charge in [0.15, 0.2) is 11.5 Å². The highest BCUT2D eigenvalue weighted by molar-refractivity contribution is 6.03. The van der Waals surface area contributed by atoms with Crippen LogP contribution in [0.4, 0.5) is 17.1 Å². The van der Waals surface area contributed by atoms with Gasteiger partial charge in [-0.05, 0) is 47.4 Å². The lowest BCUT2D eigenvalue weighted by Gasteiger charge is -2.19. The van der Waals surface area contributed by atoms with Gasteiger partial charge in [-0.25, -0.2) is 4.98 Å². The molecule has 0 saturated carbocycles. The number of nitrogens with one attached hydrogen (secondary N) is 2. The van der Waals surface area contributed by atoms with E-state index in [2.05, 4.69) is 36.4 Å². The Morgan fingerprint density at radius 2 is 1.59 bits per heavy atom. The van der Waals surface area contributed by atoms with Gasteiger partial charge in [0.1, 0.15) is 5.69 Å². The summed E-state index contributed by atoms with van der Waals surface area (Å²) in [6, 6.07) is 17.0. The molecular weight excluding hydrogens is 366 g/mol. The quantitative estimate of drug-likeness (QED) is 0.649. The van der Waals surface area contributed by atoms with Gasteiger partial charge < -0.3 is 20.1 Å². The standard InChI is InChI=1S/C23H23N3O3/c1-23(2,3)15-4-6-16(7-5-15)26-22(27)19-10-8-18(13-24-19)25-17-9-11-20-21(12-17)29-14-28-20/h4-13,25H,14H2,1-3H3,(H,26,27). The lowest BCUT2D eigenvalue weighted by Crippen LogP contribution is -2.14. The second-order valence-electron chi connectivity index (χ2n) is 7.91. The number of benzene rings is 2. The SMILES string of the molecule is CC(C)(C)c1ccc(NC(=O)c2ccc(Nc3ccc4c(c3)OCO4)cn2)cc1. The summed E-state index contributed by atoms with van der Waals surface area (Å²) in [6.07, 6.45) is 1.63. The molecular formula is C23H23N3O3. The Balaban J connectivity index is 1.40. The van der Waals surface area contributed by atoms with Crippen molar-refractivity contribution < 1.29 is 14.3 Å². The molecule has 0 atom stereocenters. The van der Waals surface area contributed by atoms with E-state index in [1.807, 2.05) is 48.5 Å². The van der Waals surface area contributed by atoms with Gasteiger partial charge in [0.2, 0.25) is 6.79 Å². The smallest absolute Gasteiger partial charge is 0.274 e. The zero-order valence-corrected chi connectivity index (χ0v) is 16.7. The number of fused-ring (bicyclic) bond motifs is 1. The molecule has 0 spiro atoms. The van der Waals surface area contributed by atoms with Crippen LogP contribution in [0.3, 0.4) is 0 Å². The molecule has 0 unspecified atom stereocenters. The first kappa shape index (κ1) is 18.8. The Bertz CT molecular complexity index is 1020. The number of pyridine rings is 1. The second kappa shape index (κ2) is 7.47. The summed E-state index contributed by atoms with van der Waals surface area (Å²) in [5, 5.41) is 6.12. The number of hydrogen-bond acceptors (Lipinski definition) is 5. The van der Waals surface area contributed by atoms with Crippen LogP contribution >= 0.6 is 0 Å². The third kappa shape index (κ3) is 4.32. The molecule has 1 aliphatic heterocycles. The minimum Gasteiger partial charge on any atom is -0.454 e. The number of rotatable bonds is 4. The van der Waals surface area contributed by atoms with E-state index in [0.717, 1.165) is 22.8 Å². The predicted octanol–water partition coefficient (Wildman–Crippen LogP) is 5.10. The molecule has 1 aliphatic rings. The summed E-state index contributed by atoms with van der Waals surface area (Å²) in [5.41, 5.74) is 4.01. The Morgan fingerprint density at radius 1 is 0.897 bits per heavy atom. The number of carbonyl (C=O) groups is 1. The van der Waals surface area contributed by atoms with Gasteiger partial charge in [0, 0.05) is 17.4 Å². The van der Waals surface area contributed by atoms with Crippen LogP contribution in [-0.4, -0.2) is 17.7 Å². The van der Waals surface area contributed by atoms with E-state index < -0.39 is 0 Å². The van der Waals surface area contributed by atoms with Crippen molar-refractivity contribution in [3.05, 3.63) is 72.1 Å². The van der Waals surface area contributed by atoms with Gasteiger partial charge in [0.05, 0.1) is 11.9 Å². The van der Waals surface area contributed by atoms with E-state index in [0.29, 0.717) is 11.4 Å². The van der Waals surface area contributed by atoms with Crippen LogP contribution < -0.4 is 20.1 Å². The number of carbonyl (C=O) groups excluding carboxylic acids is 1. The molecule has 0 saturated heterocycles. The summed E-state index contributed by atoms with van der Waals surface area (Å²) in [6.45, 7) is 6.71. The molecule has 0 bridgehead atoms. The van der Waals surface area contributed by atoms with Crippen LogP contribution in [0.25, 0.3) is 0 Å². The molecule has 0 aliphatic carbocycles. The van der Waals surface area contributed by atoms with Crippen molar-refractivity contribution in [3.8, 4) is 11.5 Å². The fourth-order valence-corrected chi connectivity index (χ4v) is 2.99. The topological polar surface area (TPSA) is 72.5 Å². The lowest BCUT2D eigenvalue weighted by atomic mass is 9.87. The summed E-state index contributed by atoms with van der Waals surface area (Å²) >= 11 is 0. The van der Waals surface area contributed by atoms with Crippen molar-refractivity contribution in [1.82, 2.24) is 4.98 Å². The van der Waals surface area contributed by atoms with Gasteiger partial charge in [-0.1, -0.05) is 32.9 Å². The molecule has 0 radical (unpaired) electrons. The Kier molecular flexibility index (Phi) is 4.84. The number of anilines is 3. The molecule has 0 fully saturated rings. The molecule has 29 heavy (non-hydrogen) atoms. The van der Waals surface area contributed by atoms with E-state index in [4.69, 9.17) is 9.47 Å². The van der Waals surface area contributed by atoms with E-state index >= 15 is 0 Å². The zero-order chi connectivity index (χ0) is 20.4. The van der Waals surface area contributed by atoms with Crippen LogP contribution in [0, 0.1) is 0 Å². The summed E-state index contributed by atoms with van der Waals surface area (Å²) in [5.74, 6) is 1.19. The number of ether oxygens (including phenoxy) is 2. The first-order chi connectivity index (χ1) is 13.9. The number of aromatic nitrogens is 1. The summed E-state index contributed by atoms with van der Waals surface area (Å²) in [4.78, 5) is 16.7. The Morgan fingerprint density at radius 3 is 2.28 bits per heavy atom. The average Bonchev–Trinajstić information content (AvgIpc) is 3.16. The summed E-state index contributed by atoms with van der Waals surface area (Å²) in [7, 11) is 0. The van der Waals surface area contributed by atoms with Crippen LogP contribution in [0.15, 0.2) is 60.8 Å². The summed E-state index contributed by atoms with van der Waals surface area (Å²) < 4.78 is 10.7. The Hall–Kier alpha value is -3.54. The lowest BCUT2D eigenvalue weighted by molar-refractivity contribution is 0.102. The maximum absolute atomic E-state index is 12.5. The molecule has 3 aromatic rings. The fourth-order valence-electron chi connectivity index (χ4n) is 2.99. The minimum absolute atomic E-state index is 0.0743. The number of nitrogens with zero attached hydrogens (tertiary/aromatic N) is 1. The van der Waals surface area contributed by atoms with Gasteiger partial charge in [0.25, 0.3) is 5.91 Å². The highest BCUT2D eigenvalue weighted by atomic mass is 16.7. The third-order valence-corrected chi connectivity index (χ3v) is 4.67. The maximum atomic E-state index is 12.5. The van der Waals surface area contributed by atoms with Crippen LogP contribution in [0.2, 0.25) is 0 Å². The third-order valence-electron chi connectivity index (χ3n) is 4.67.